The fraction of sp³-hybridized carbons (Fsp3) is 0.0526. The number of hydrogen-bond donors (Lipinski definition) is 4. The third-order valence-electron chi connectivity index (χ3n) is 4.07. The average molecular weight is 493 g/mol. The number of phenols is 2. The molecule has 3 aromatic rings. The van der Waals surface area contributed by atoms with Gasteiger partial charge in [-0.1, -0.05) is 42.5 Å². The second-order valence-corrected chi connectivity index (χ2v) is 7.36. The maximum absolute atomic E-state index is 12.4. The van der Waals surface area contributed by atoms with Crippen molar-refractivity contribution < 1.29 is 15.0 Å². The van der Waals surface area contributed by atoms with Gasteiger partial charge in [0.05, 0.1) is 4.47 Å². The lowest BCUT2D eigenvalue weighted by atomic mass is 9.98. The molecular weight excluding hydrogens is 478 g/mol. The molecule has 3 aromatic carbocycles. The Morgan fingerprint density at radius 1 is 1.11 bits per heavy atom. The van der Waals surface area contributed by atoms with Gasteiger partial charge in [0.2, 0.25) is 0 Å². The van der Waals surface area contributed by atoms with Crippen molar-refractivity contribution in [2.24, 2.45) is 10.8 Å². The van der Waals surface area contributed by atoms with Gasteiger partial charge in [-0.05, 0) is 54.3 Å². The molecule has 0 aliphatic rings. The monoisotopic (exact) mass is 491 g/mol. The number of aromatic hydroxyl groups is 2. The van der Waals surface area contributed by atoms with Gasteiger partial charge in [-0.3, -0.25) is 15.2 Å². The smallest absolute Gasteiger partial charge is 0.263 e. The van der Waals surface area contributed by atoms with Crippen LogP contribution >= 0.6 is 31.9 Å². The van der Waals surface area contributed by atoms with Gasteiger partial charge in [-0.15, -0.1) is 0 Å². The van der Waals surface area contributed by atoms with Gasteiger partial charge < -0.3 is 10.2 Å². The summed E-state index contributed by atoms with van der Waals surface area (Å²) in [6.45, 7) is 0. The summed E-state index contributed by atoms with van der Waals surface area (Å²) in [4.78, 5) is 16.7. The first-order valence-electron chi connectivity index (χ1n) is 7.85. The first kappa shape index (κ1) is 19.3. The number of fused-ring (bicyclic) bond motifs is 1. The number of amides is 1. The zero-order chi connectivity index (χ0) is 19.6. The van der Waals surface area contributed by atoms with Gasteiger partial charge in [0.15, 0.2) is 6.04 Å². The molecule has 138 valence electrons. The van der Waals surface area contributed by atoms with Crippen LogP contribution in [-0.2, 0) is 4.79 Å². The van der Waals surface area contributed by atoms with Crippen LogP contribution in [0.3, 0.4) is 0 Å². The molecule has 0 spiro atoms. The number of nitrogens with two attached hydrogens (primary N) is 1. The third-order valence-corrected chi connectivity index (χ3v) is 5.42. The lowest BCUT2D eigenvalue weighted by Crippen LogP contribution is -2.34. The molecule has 0 bridgehead atoms. The SMILES string of the molecule is NNC(=O)C(N=Cc1cc(Br)c(O)c(Br)c1O)c1cccc2ccccc12. The zero-order valence-corrected chi connectivity index (χ0v) is 17.0. The molecule has 1 unspecified atom stereocenters. The predicted octanol–water partition coefficient (Wildman–Crippen LogP) is 3.93. The molecule has 0 heterocycles. The number of carbonyl (C=O) groups excluding carboxylic acids is 1. The Morgan fingerprint density at radius 3 is 2.56 bits per heavy atom. The van der Waals surface area contributed by atoms with Crippen LogP contribution in [0.15, 0.2) is 62.5 Å². The van der Waals surface area contributed by atoms with Crippen LogP contribution in [0.1, 0.15) is 17.2 Å². The maximum atomic E-state index is 12.4. The number of halogens is 2. The Bertz CT molecular complexity index is 1050. The number of carbonyl (C=O) groups is 1. The Balaban J connectivity index is 2.10. The van der Waals surface area contributed by atoms with E-state index in [2.05, 4.69) is 42.3 Å². The highest BCUT2D eigenvalue weighted by Gasteiger charge is 2.21. The summed E-state index contributed by atoms with van der Waals surface area (Å²) in [5, 5.41) is 21.9. The van der Waals surface area contributed by atoms with Crippen LogP contribution in [0.2, 0.25) is 0 Å². The minimum atomic E-state index is -0.910. The normalized spacial score (nSPS) is 12.4. The van der Waals surface area contributed by atoms with E-state index in [0.717, 1.165) is 10.8 Å². The Hall–Kier alpha value is -2.42. The number of phenolic OH excluding ortho intramolecular Hbond substituents is 2. The molecule has 1 amide bonds. The van der Waals surface area contributed by atoms with Crippen molar-refractivity contribution in [3.8, 4) is 11.5 Å². The van der Waals surface area contributed by atoms with Gasteiger partial charge in [0.1, 0.15) is 16.0 Å². The van der Waals surface area contributed by atoms with Crippen LogP contribution in [0.4, 0.5) is 0 Å². The quantitative estimate of drug-likeness (QED) is 0.191. The maximum Gasteiger partial charge on any atom is 0.263 e. The second kappa shape index (κ2) is 8.08. The molecule has 0 saturated heterocycles. The Kier molecular flexibility index (Phi) is 5.79. The van der Waals surface area contributed by atoms with E-state index >= 15 is 0 Å². The number of aliphatic imine (C=N–C) groups is 1. The molecule has 0 aliphatic carbocycles. The zero-order valence-electron chi connectivity index (χ0n) is 13.9. The first-order valence-corrected chi connectivity index (χ1v) is 9.44. The lowest BCUT2D eigenvalue weighted by molar-refractivity contribution is -0.122. The largest absolute Gasteiger partial charge is 0.506 e. The summed E-state index contributed by atoms with van der Waals surface area (Å²) in [5.74, 6) is 4.54. The molecule has 27 heavy (non-hydrogen) atoms. The van der Waals surface area contributed by atoms with E-state index in [-0.39, 0.29) is 16.0 Å². The van der Waals surface area contributed by atoms with E-state index in [1.807, 2.05) is 42.5 Å². The van der Waals surface area contributed by atoms with Crippen molar-refractivity contribution >= 4 is 54.8 Å². The van der Waals surface area contributed by atoms with E-state index in [1.54, 1.807) is 0 Å². The minimum absolute atomic E-state index is 0.128. The summed E-state index contributed by atoms with van der Waals surface area (Å²) in [5.41, 5.74) is 3.14. The topological polar surface area (TPSA) is 108 Å². The summed E-state index contributed by atoms with van der Waals surface area (Å²) < 4.78 is 0.502. The van der Waals surface area contributed by atoms with Gasteiger partial charge in [0, 0.05) is 11.8 Å². The highest BCUT2D eigenvalue weighted by molar-refractivity contribution is 9.11. The summed E-state index contributed by atoms with van der Waals surface area (Å²) in [6.07, 6.45) is 1.37. The predicted molar refractivity (Wildman–Crippen MR) is 112 cm³/mol. The molecule has 1 atom stereocenters. The molecule has 6 nitrogen and oxygen atoms in total. The fourth-order valence-corrected chi connectivity index (χ4v) is 3.88. The van der Waals surface area contributed by atoms with E-state index in [4.69, 9.17) is 5.84 Å². The molecule has 8 heteroatoms. The molecule has 5 N–H and O–H groups in total. The molecule has 3 rings (SSSR count). The number of nitrogens with one attached hydrogen (secondary N) is 1. The van der Waals surface area contributed by atoms with E-state index in [1.165, 1.54) is 12.3 Å². The van der Waals surface area contributed by atoms with Crippen LogP contribution in [-0.4, -0.2) is 22.3 Å². The van der Waals surface area contributed by atoms with Crippen molar-refractivity contribution in [2.75, 3.05) is 0 Å². The van der Waals surface area contributed by atoms with Crippen LogP contribution in [0.25, 0.3) is 10.8 Å². The number of hydrazine groups is 1. The van der Waals surface area contributed by atoms with Gasteiger partial charge in [0.25, 0.3) is 5.91 Å². The van der Waals surface area contributed by atoms with Gasteiger partial charge >= 0.3 is 0 Å². The lowest BCUT2D eigenvalue weighted by Gasteiger charge is -2.14. The van der Waals surface area contributed by atoms with Crippen LogP contribution < -0.4 is 11.3 Å². The molecule has 0 radical (unpaired) electrons. The average Bonchev–Trinajstić information content (AvgIpc) is 2.69. The number of benzene rings is 3. The summed E-state index contributed by atoms with van der Waals surface area (Å²) in [6, 6.07) is 13.8. The van der Waals surface area contributed by atoms with E-state index in [0.29, 0.717) is 15.6 Å². The standard InChI is InChI=1S/C19H15Br2N3O3/c20-14-8-11(17(25)15(21)18(14)26)9-23-16(19(27)24-22)13-7-3-5-10-4-1-2-6-12(10)13/h1-9,16,25-26H,22H2,(H,24,27). The number of hydrogen-bond acceptors (Lipinski definition) is 5. The van der Waals surface area contributed by atoms with Gasteiger partial charge in [-0.2, -0.15) is 0 Å². The highest BCUT2D eigenvalue weighted by atomic mass is 79.9. The second-order valence-electron chi connectivity index (χ2n) is 5.72. The van der Waals surface area contributed by atoms with Crippen molar-refractivity contribution in [1.82, 2.24) is 5.43 Å². The number of rotatable bonds is 4. The van der Waals surface area contributed by atoms with Crippen LogP contribution in [0, 0.1) is 0 Å². The molecule has 0 saturated carbocycles. The summed E-state index contributed by atoms with van der Waals surface area (Å²) >= 11 is 6.32. The first-order chi connectivity index (χ1) is 12.9. The molecule has 0 fully saturated rings. The molecule has 0 aromatic heterocycles. The third kappa shape index (κ3) is 3.83. The van der Waals surface area contributed by atoms with Gasteiger partial charge in [-0.25, -0.2) is 5.84 Å². The molecular formula is C19H15Br2N3O3. The van der Waals surface area contributed by atoms with Crippen molar-refractivity contribution in [2.45, 2.75) is 6.04 Å². The summed E-state index contributed by atoms with van der Waals surface area (Å²) in [7, 11) is 0. The highest BCUT2D eigenvalue weighted by Crippen LogP contribution is 2.40. The van der Waals surface area contributed by atoms with Crippen LogP contribution in [0.5, 0.6) is 11.5 Å². The minimum Gasteiger partial charge on any atom is -0.506 e. The number of nitrogens with zero attached hydrogens (tertiary/aromatic N) is 1. The van der Waals surface area contributed by atoms with E-state index in [9.17, 15) is 15.0 Å². The van der Waals surface area contributed by atoms with Crippen molar-refractivity contribution in [3.63, 3.8) is 0 Å². The van der Waals surface area contributed by atoms with Crippen molar-refractivity contribution in [3.05, 3.63) is 68.6 Å². The van der Waals surface area contributed by atoms with E-state index < -0.39 is 11.9 Å². The Labute approximate surface area is 172 Å². The van der Waals surface area contributed by atoms with Crippen molar-refractivity contribution in [1.29, 1.82) is 0 Å². The Morgan fingerprint density at radius 2 is 1.81 bits per heavy atom. The molecule has 0 aliphatic heterocycles. The fourth-order valence-electron chi connectivity index (χ4n) is 2.73.